The van der Waals surface area contributed by atoms with Crippen molar-refractivity contribution in [1.29, 1.82) is 0 Å². The third-order valence-corrected chi connectivity index (χ3v) is 11.4. The topological polar surface area (TPSA) is 205 Å². The molecule has 70 heavy (non-hydrogen) atoms. The largest absolute Gasteiger partial charge is 0.503 e. The van der Waals surface area contributed by atoms with Gasteiger partial charge in [-0.05, 0) is 61.1 Å². The van der Waals surface area contributed by atoms with Crippen LogP contribution < -0.4 is 23.7 Å². The summed E-state index contributed by atoms with van der Waals surface area (Å²) in [7, 11) is 6.97. The average Bonchev–Trinajstić information content (AvgIpc) is 3.30. The number of nitrogens with zero attached hydrogens (tertiary/aromatic N) is 2. The number of ether oxygens (including phenoxy) is 8. The lowest BCUT2D eigenvalue weighted by Crippen LogP contribution is -2.29. The number of Topliss-reactive ketones (excluding diaryl/α,β-unsaturated/α-hetero) is 2. The molecular weight excluding hydrogens is 915 g/mol. The first-order chi connectivity index (χ1) is 33.1. The molecule has 4 aromatic rings. The number of halogens is 2. The van der Waals surface area contributed by atoms with Gasteiger partial charge in [0.2, 0.25) is 5.75 Å². The molecule has 0 saturated heterocycles. The van der Waals surface area contributed by atoms with E-state index in [0.717, 1.165) is 0 Å². The molecule has 0 bridgehead atoms. The molecule has 382 valence electrons. The number of aromatic nitrogens is 2. The molecule has 1 N–H and O–H groups in total. The molecule has 0 radical (unpaired) electrons. The van der Waals surface area contributed by atoms with E-state index in [1.807, 2.05) is 27.7 Å². The summed E-state index contributed by atoms with van der Waals surface area (Å²) in [6, 6.07) is 12.2. The first-order valence-electron chi connectivity index (χ1n) is 22.7. The van der Waals surface area contributed by atoms with E-state index in [0.29, 0.717) is 11.1 Å². The number of pyridine rings is 2. The Morgan fingerprint density at radius 3 is 1.39 bits per heavy atom. The highest BCUT2D eigenvalue weighted by atomic mass is 19.1. The Morgan fingerprint density at radius 1 is 0.571 bits per heavy atom. The second-order valence-electron chi connectivity index (χ2n) is 17.3. The van der Waals surface area contributed by atoms with Gasteiger partial charge in [0, 0.05) is 56.3 Å². The van der Waals surface area contributed by atoms with Crippen LogP contribution in [0.2, 0.25) is 0 Å². The summed E-state index contributed by atoms with van der Waals surface area (Å²) < 4.78 is 70.3. The Kier molecular flexibility index (Phi) is 22.6. The molecule has 0 spiro atoms. The highest BCUT2D eigenvalue weighted by Gasteiger charge is 2.32. The quantitative estimate of drug-likeness (QED) is 0.0513. The lowest BCUT2D eigenvalue weighted by Gasteiger charge is -2.29. The van der Waals surface area contributed by atoms with E-state index >= 15 is 0 Å². The average molecular weight is 981 g/mol. The Morgan fingerprint density at radius 2 is 0.986 bits per heavy atom. The fourth-order valence-corrected chi connectivity index (χ4v) is 7.88. The third kappa shape index (κ3) is 15.7. The molecular formula is C52H66F2N2O14. The van der Waals surface area contributed by atoms with Crippen molar-refractivity contribution in [3.63, 3.8) is 0 Å². The summed E-state index contributed by atoms with van der Waals surface area (Å²) in [5, 5.41) is 10.1. The zero-order valence-electron chi connectivity index (χ0n) is 42.1. The summed E-state index contributed by atoms with van der Waals surface area (Å²) in [4.78, 5) is 71.4. The van der Waals surface area contributed by atoms with Crippen LogP contribution in [0.15, 0.2) is 60.9 Å². The SMILES string of the molecule is COCCC(=O)Oc1c(OC)ccnc1C(=O)C[C@@H](C)C(=O)O[C@@H](C)[C@H](c1ccc(OC)c(F)c1)C(C)C.COc1ccc([C@H](C(C)C)[C@H](C)OC(=O)[C@H](C)CC(=O)c2nccc(OC)c2O)cc1F. The molecule has 16 nitrogen and oxygen atoms in total. The van der Waals surface area contributed by atoms with E-state index in [2.05, 4.69) is 9.97 Å². The maximum absolute atomic E-state index is 14.3. The van der Waals surface area contributed by atoms with Crippen molar-refractivity contribution in [1.82, 2.24) is 9.97 Å². The number of hydrogen-bond donors (Lipinski definition) is 1. The van der Waals surface area contributed by atoms with Crippen LogP contribution in [0.4, 0.5) is 8.78 Å². The zero-order valence-corrected chi connectivity index (χ0v) is 42.1. The molecule has 0 saturated carbocycles. The Hall–Kier alpha value is -6.69. The number of aromatic hydroxyl groups is 1. The first kappa shape index (κ1) is 57.6. The molecule has 0 unspecified atom stereocenters. The molecule has 2 aromatic heterocycles. The van der Waals surface area contributed by atoms with Crippen molar-refractivity contribution in [3.05, 3.63) is 95.1 Å². The van der Waals surface area contributed by atoms with Crippen molar-refractivity contribution in [3.8, 4) is 34.5 Å². The highest BCUT2D eigenvalue weighted by Crippen LogP contribution is 2.36. The fourth-order valence-electron chi connectivity index (χ4n) is 7.88. The number of esters is 3. The van der Waals surface area contributed by atoms with Gasteiger partial charge in [-0.25, -0.2) is 18.7 Å². The maximum Gasteiger partial charge on any atom is 0.313 e. The normalized spacial score (nSPS) is 13.6. The predicted octanol–water partition coefficient (Wildman–Crippen LogP) is 9.28. The maximum atomic E-state index is 14.3. The van der Waals surface area contributed by atoms with E-state index in [1.54, 1.807) is 45.9 Å². The number of methoxy groups -OCH3 is 5. The number of carbonyl (C=O) groups excluding carboxylic acids is 5. The van der Waals surface area contributed by atoms with Crippen LogP contribution in [-0.2, 0) is 28.6 Å². The molecule has 18 heteroatoms. The number of rotatable bonds is 24. The van der Waals surface area contributed by atoms with Gasteiger partial charge in [-0.2, -0.15) is 0 Å². The van der Waals surface area contributed by atoms with Crippen LogP contribution in [0.1, 0.15) is 119 Å². The first-order valence-corrected chi connectivity index (χ1v) is 22.7. The van der Waals surface area contributed by atoms with Crippen LogP contribution in [0.25, 0.3) is 0 Å². The summed E-state index contributed by atoms with van der Waals surface area (Å²) in [5.74, 6) is -5.77. The van der Waals surface area contributed by atoms with Gasteiger partial charge in [-0.1, -0.05) is 53.7 Å². The van der Waals surface area contributed by atoms with Crippen molar-refractivity contribution < 1.29 is 75.8 Å². The molecule has 0 amide bonds. The predicted molar refractivity (Wildman–Crippen MR) is 254 cm³/mol. The van der Waals surface area contributed by atoms with Crippen LogP contribution >= 0.6 is 0 Å². The standard InChI is InChI=1S/C28H36FNO8.C24H30FNO6/c1-16(2)25(19-8-9-22(35-6)20(29)15-19)18(4)37-28(33)17(3)14-21(31)26-27(23(36-7)10-12-30-26)38-24(32)11-13-34-5;1-13(2)21(16-7-8-19(30-5)17(25)12-16)15(4)32-24(29)14(3)11-18(27)22-23(28)20(31-6)9-10-26-22/h8-10,12,15-18,25H,11,13-14H2,1-7H3;7-10,12-15,21,28H,11H2,1-6H3/t17-,18+,25-;14-,15+,21-/m11/s1. The molecule has 0 aliphatic heterocycles. The minimum absolute atomic E-state index is 0.0267. The van der Waals surface area contributed by atoms with Crippen molar-refractivity contribution in [2.24, 2.45) is 23.7 Å². The zero-order chi connectivity index (χ0) is 52.4. The van der Waals surface area contributed by atoms with Gasteiger partial charge >= 0.3 is 17.9 Å². The molecule has 0 fully saturated rings. The Bertz CT molecular complexity index is 2410. The second-order valence-corrected chi connectivity index (χ2v) is 17.3. The molecule has 2 aromatic carbocycles. The molecule has 4 rings (SSSR count). The molecule has 2 heterocycles. The van der Waals surface area contributed by atoms with Gasteiger partial charge in [0.05, 0.1) is 53.3 Å². The van der Waals surface area contributed by atoms with Gasteiger partial charge in [-0.15, -0.1) is 0 Å². The fraction of sp³-hybridized carbons (Fsp3) is 0.481. The minimum Gasteiger partial charge on any atom is -0.503 e. The summed E-state index contributed by atoms with van der Waals surface area (Å²) >= 11 is 0. The van der Waals surface area contributed by atoms with E-state index in [9.17, 15) is 37.9 Å². The van der Waals surface area contributed by atoms with Crippen molar-refractivity contribution in [2.45, 2.75) is 98.7 Å². The number of benzene rings is 2. The second kappa shape index (κ2) is 27.5. The van der Waals surface area contributed by atoms with Gasteiger partial charge in [-0.3, -0.25) is 24.0 Å². The van der Waals surface area contributed by atoms with Gasteiger partial charge < -0.3 is 43.0 Å². The number of carbonyl (C=O) groups is 5. The van der Waals surface area contributed by atoms with Crippen LogP contribution in [-0.4, -0.2) is 98.9 Å². The van der Waals surface area contributed by atoms with Crippen LogP contribution in [0, 0.1) is 35.3 Å². The van der Waals surface area contributed by atoms with Crippen molar-refractivity contribution >= 4 is 29.5 Å². The Labute approximate surface area is 408 Å². The lowest BCUT2D eigenvalue weighted by atomic mass is 9.84. The monoisotopic (exact) mass is 980 g/mol. The van der Waals surface area contributed by atoms with E-state index in [-0.39, 0.29) is 95.4 Å². The van der Waals surface area contributed by atoms with Crippen LogP contribution in [0.3, 0.4) is 0 Å². The lowest BCUT2D eigenvalue weighted by molar-refractivity contribution is -0.155. The van der Waals surface area contributed by atoms with E-state index in [1.165, 1.54) is 78.3 Å². The van der Waals surface area contributed by atoms with E-state index < -0.39 is 65.2 Å². The smallest absolute Gasteiger partial charge is 0.313 e. The van der Waals surface area contributed by atoms with Gasteiger partial charge in [0.15, 0.2) is 63.3 Å². The Balaban J connectivity index is 0.000000376. The summed E-state index contributed by atoms with van der Waals surface area (Å²) in [6.45, 7) is 14.6. The number of ketones is 2. The number of hydrogen-bond acceptors (Lipinski definition) is 16. The van der Waals surface area contributed by atoms with Crippen molar-refractivity contribution in [2.75, 3.05) is 42.2 Å². The molecule has 0 aliphatic carbocycles. The molecule has 0 aliphatic rings. The van der Waals surface area contributed by atoms with Crippen LogP contribution in [0.5, 0.6) is 34.5 Å². The summed E-state index contributed by atoms with van der Waals surface area (Å²) in [6.07, 6.45) is 1.08. The van der Waals surface area contributed by atoms with Gasteiger partial charge in [0.1, 0.15) is 12.2 Å². The van der Waals surface area contributed by atoms with Gasteiger partial charge in [0.25, 0.3) is 0 Å². The summed E-state index contributed by atoms with van der Waals surface area (Å²) in [5.41, 5.74) is 1.07. The highest BCUT2D eigenvalue weighted by molar-refractivity contribution is 6.00. The van der Waals surface area contributed by atoms with E-state index in [4.69, 9.17) is 37.9 Å². The minimum atomic E-state index is -0.824. The molecule has 6 atom stereocenters. The third-order valence-electron chi connectivity index (χ3n) is 11.4.